The van der Waals surface area contributed by atoms with Crippen molar-refractivity contribution in [3.05, 3.63) is 114 Å². The zero-order valence-electron chi connectivity index (χ0n) is 25.3. The molecule has 5 aromatic rings. The van der Waals surface area contributed by atoms with Gasteiger partial charge in [-0.05, 0) is 49.6 Å². The molecule has 0 fully saturated rings. The van der Waals surface area contributed by atoms with Gasteiger partial charge in [0.1, 0.15) is 16.8 Å². The molecule has 0 amide bonds. The van der Waals surface area contributed by atoms with Crippen LogP contribution < -0.4 is 9.47 Å². The van der Waals surface area contributed by atoms with Crippen molar-refractivity contribution in [1.82, 2.24) is 9.97 Å². The third kappa shape index (κ3) is 8.71. The molecule has 6 nitrogen and oxygen atoms in total. The second-order valence-electron chi connectivity index (χ2n) is 9.94. The number of nitrogens with zero attached hydrogens (tertiary/aromatic N) is 2. The number of carbonyl (C=O) groups excluding carboxylic acids is 1. The van der Waals surface area contributed by atoms with E-state index in [9.17, 15) is 9.90 Å². The summed E-state index contributed by atoms with van der Waals surface area (Å²) < 4.78 is 12.3. The smallest absolute Gasteiger partial charge is 0.189 e. The molecule has 7 heteroatoms. The van der Waals surface area contributed by atoms with Crippen LogP contribution >= 0.6 is 0 Å². The largest absolute Gasteiger partial charge is 0.507 e. The van der Waals surface area contributed by atoms with Crippen LogP contribution in [0.15, 0.2) is 97.3 Å². The molecular formula is C36H38N2O4Zn. The van der Waals surface area contributed by atoms with Gasteiger partial charge in [0.15, 0.2) is 17.3 Å². The molecule has 0 atom stereocenters. The number of ketones is 1. The van der Waals surface area contributed by atoms with Gasteiger partial charge in [-0.3, -0.25) is 14.8 Å². The number of carbonyl (C=O) groups is 1. The number of pyridine rings is 2. The normalized spacial score (nSPS) is 10.9. The number of rotatable bonds is 11. The van der Waals surface area contributed by atoms with Crippen LogP contribution in [0.4, 0.5) is 0 Å². The number of aliphatic hydroxyl groups excluding tert-OH is 1. The first-order chi connectivity index (χ1) is 20.5. The molecule has 2 aromatic heterocycles. The monoisotopic (exact) mass is 626 g/mol. The van der Waals surface area contributed by atoms with E-state index in [1.165, 1.54) is 6.08 Å². The Morgan fingerprint density at radius 2 is 1.26 bits per heavy atom. The molecule has 0 bridgehead atoms. The van der Waals surface area contributed by atoms with Gasteiger partial charge < -0.3 is 14.6 Å². The van der Waals surface area contributed by atoms with Crippen molar-refractivity contribution in [2.45, 2.75) is 46.5 Å². The molecular weight excluding hydrogens is 590 g/mol. The fourth-order valence-electron chi connectivity index (χ4n) is 4.47. The number of aliphatic hydroxyl groups is 1. The van der Waals surface area contributed by atoms with E-state index in [1.54, 1.807) is 42.7 Å². The topological polar surface area (TPSA) is 81.5 Å². The van der Waals surface area contributed by atoms with Crippen molar-refractivity contribution in [3.8, 4) is 11.5 Å². The molecule has 0 aliphatic carbocycles. The van der Waals surface area contributed by atoms with Crippen LogP contribution in [0.5, 0.6) is 11.5 Å². The predicted molar refractivity (Wildman–Crippen MR) is 170 cm³/mol. The molecule has 0 radical (unpaired) electrons. The number of fused-ring (bicyclic) bond motifs is 3. The third-order valence-electron chi connectivity index (χ3n) is 6.77. The number of unbranched alkanes of at least 4 members (excludes halogenated alkanes) is 2. The van der Waals surface area contributed by atoms with E-state index in [0.717, 1.165) is 64.6 Å². The molecule has 0 aliphatic rings. The van der Waals surface area contributed by atoms with E-state index in [2.05, 4.69) is 23.8 Å². The average Bonchev–Trinajstić information content (AvgIpc) is 3.03. The van der Waals surface area contributed by atoms with Crippen LogP contribution in [-0.2, 0) is 19.5 Å². The Bertz CT molecular complexity index is 1590. The molecule has 2 heterocycles. The first-order valence-electron chi connectivity index (χ1n) is 14.5. The van der Waals surface area contributed by atoms with E-state index in [4.69, 9.17) is 9.47 Å². The molecule has 1 N–H and O–H groups in total. The predicted octanol–water partition coefficient (Wildman–Crippen LogP) is 8.92. The Balaban J connectivity index is 0.000000239. The minimum absolute atomic E-state index is 0. The van der Waals surface area contributed by atoms with Crippen LogP contribution in [0.3, 0.4) is 0 Å². The molecule has 218 valence electrons. The average molecular weight is 628 g/mol. The second kappa shape index (κ2) is 17.1. The SMILES string of the molecule is CCCCOc1c(OCCCC)c2cccnc2c2ncccc12.Cc1ccccc1/C(O)=C/C(=O)c1ccccc1.[Zn]. The number of allylic oxidation sites excluding steroid dienone is 1. The first-order valence-corrected chi connectivity index (χ1v) is 14.5. The quantitative estimate of drug-likeness (QED) is 0.0393. The number of hydrogen-bond acceptors (Lipinski definition) is 6. The van der Waals surface area contributed by atoms with Gasteiger partial charge in [-0.15, -0.1) is 0 Å². The summed E-state index contributed by atoms with van der Waals surface area (Å²) in [7, 11) is 0. The van der Waals surface area contributed by atoms with Gasteiger partial charge in [0, 0.05) is 59.8 Å². The number of aryl methyl sites for hydroxylation is 1. The van der Waals surface area contributed by atoms with Gasteiger partial charge in [0.2, 0.25) is 0 Å². The van der Waals surface area contributed by atoms with Gasteiger partial charge in [-0.25, -0.2) is 0 Å². The number of ether oxygens (including phenoxy) is 2. The maximum absolute atomic E-state index is 11.9. The fraction of sp³-hybridized carbons (Fsp3) is 0.250. The molecule has 0 saturated heterocycles. The summed E-state index contributed by atoms with van der Waals surface area (Å²) in [5.41, 5.74) is 3.91. The van der Waals surface area contributed by atoms with Gasteiger partial charge in [0.05, 0.1) is 13.2 Å². The number of benzene rings is 3. The minimum atomic E-state index is -0.198. The molecule has 0 aliphatic heterocycles. The molecule has 3 aromatic carbocycles. The van der Waals surface area contributed by atoms with Gasteiger partial charge in [-0.2, -0.15) is 0 Å². The van der Waals surface area contributed by atoms with Crippen molar-refractivity contribution in [3.63, 3.8) is 0 Å². The van der Waals surface area contributed by atoms with E-state index >= 15 is 0 Å². The number of hydrogen-bond donors (Lipinski definition) is 1. The van der Waals surface area contributed by atoms with Crippen molar-refractivity contribution in [2.75, 3.05) is 13.2 Å². The number of aromatic nitrogens is 2. The van der Waals surface area contributed by atoms with Crippen LogP contribution in [0.2, 0.25) is 0 Å². The second-order valence-corrected chi connectivity index (χ2v) is 9.94. The third-order valence-corrected chi connectivity index (χ3v) is 6.77. The van der Waals surface area contributed by atoms with Gasteiger partial charge in [-0.1, -0.05) is 81.3 Å². The molecule has 0 saturated carbocycles. The maximum atomic E-state index is 11.9. The first kappa shape index (κ1) is 33.4. The molecule has 5 rings (SSSR count). The van der Waals surface area contributed by atoms with Crippen molar-refractivity contribution < 1.29 is 38.9 Å². The summed E-state index contributed by atoms with van der Waals surface area (Å²) in [6, 6.07) is 24.2. The summed E-state index contributed by atoms with van der Waals surface area (Å²) in [4.78, 5) is 21.0. The summed E-state index contributed by atoms with van der Waals surface area (Å²) in [6.45, 7) is 7.57. The van der Waals surface area contributed by atoms with E-state index in [0.29, 0.717) is 24.3 Å². The summed E-state index contributed by atoms with van der Waals surface area (Å²) in [5, 5.41) is 11.9. The van der Waals surface area contributed by atoms with E-state index < -0.39 is 0 Å². The van der Waals surface area contributed by atoms with Crippen molar-refractivity contribution in [1.29, 1.82) is 0 Å². The molecule has 0 spiro atoms. The van der Waals surface area contributed by atoms with E-state index in [-0.39, 0.29) is 31.0 Å². The zero-order valence-corrected chi connectivity index (χ0v) is 28.2. The Hall–Kier alpha value is -4.09. The summed E-state index contributed by atoms with van der Waals surface area (Å²) >= 11 is 0. The maximum Gasteiger partial charge on any atom is 0.189 e. The Labute approximate surface area is 266 Å². The molecule has 0 unspecified atom stereocenters. The van der Waals surface area contributed by atoms with Crippen molar-refractivity contribution >= 4 is 33.3 Å². The van der Waals surface area contributed by atoms with Gasteiger partial charge >= 0.3 is 0 Å². The Morgan fingerprint density at radius 1 is 0.744 bits per heavy atom. The fourth-order valence-corrected chi connectivity index (χ4v) is 4.47. The van der Waals surface area contributed by atoms with Crippen LogP contribution in [0.25, 0.3) is 27.6 Å². The van der Waals surface area contributed by atoms with E-state index in [1.807, 2.05) is 55.5 Å². The van der Waals surface area contributed by atoms with Crippen LogP contribution in [0, 0.1) is 6.92 Å². The van der Waals surface area contributed by atoms with Gasteiger partial charge in [0.25, 0.3) is 0 Å². The summed E-state index contributed by atoms with van der Waals surface area (Å²) in [6.07, 6.45) is 9.07. The standard InChI is InChI=1S/C20H24N2O2.C16H14O2.Zn/c1-3-5-13-23-19-15-9-7-11-21-17(15)18-16(10-8-12-22-18)20(19)24-14-6-4-2;1-12-7-5-6-10-14(12)16(18)11-15(17)13-8-3-2-4-9-13;/h7-12H,3-6,13-14H2,1-2H3;2-11,18H,1H3;/b;16-11-;. The van der Waals surface area contributed by atoms with Crippen LogP contribution in [-0.4, -0.2) is 34.1 Å². The zero-order chi connectivity index (χ0) is 29.7. The summed E-state index contributed by atoms with van der Waals surface area (Å²) in [5.74, 6) is 1.39. The van der Waals surface area contributed by atoms with Crippen LogP contribution in [0.1, 0.15) is 61.0 Å². The molecule has 43 heavy (non-hydrogen) atoms. The Morgan fingerprint density at radius 3 is 1.77 bits per heavy atom. The Kier molecular flexibility index (Phi) is 13.3. The minimum Gasteiger partial charge on any atom is -0.507 e. The van der Waals surface area contributed by atoms with Crippen molar-refractivity contribution in [2.24, 2.45) is 0 Å².